The van der Waals surface area contributed by atoms with Crippen molar-refractivity contribution in [2.45, 2.75) is 63.5 Å². The van der Waals surface area contributed by atoms with Gasteiger partial charge in [0.05, 0.1) is 17.6 Å². The topological polar surface area (TPSA) is 75.6 Å². The van der Waals surface area contributed by atoms with Crippen molar-refractivity contribution in [1.82, 2.24) is 5.32 Å². The molecule has 2 rings (SSSR count). The maximum atomic E-state index is 12.1. The Morgan fingerprint density at radius 1 is 1.26 bits per heavy atom. The summed E-state index contributed by atoms with van der Waals surface area (Å²) in [4.78, 5) is 23.5. The van der Waals surface area contributed by atoms with E-state index in [1.165, 1.54) is 0 Å². The molecule has 0 aromatic carbocycles. The summed E-state index contributed by atoms with van der Waals surface area (Å²) in [7, 11) is 1.66. The number of rotatable bonds is 5. The molecule has 2 saturated carbocycles. The number of carboxylic acids is 1. The number of carbonyl (C=O) groups excluding carboxylic acids is 1. The zero-order chi connectivity index (χ0) is 13.9. The van der Waals surface area contributed by atoms with Crippen molar-refractivity contribution in [3.05, 3.63) is 0 Å². The number of aliphatic carboxylic acids is 1. The molecule has 0 aliphatic heterocycles. The number of ether oxygens (including phenoxy) is 1. The molecule has 5 nitrogen and oxygen atoms in total. The summed E-state index contributed by atoms with van der Waals surface area (Å²) in [5, 5.41) is 12.3. The molecular formula is C14H23NO4. The second kappa shape index (κ2) is 5.90. The lowest BCUT2D eigenvalue weighted by Gasteiger charge is -2.25. The molecule has 0 aromatic rings. The molecule has 2 fully saturated rings. The van der Waals surface area contributed by atoms with Crippen LogP contribution in [-0.2, 0) is 14.3 Å². The normalized spacial score (nSPS) is 29.3. The van der Waals surface area contributed by atoms with E-state index >= 15 is 0 Å². The highest BCUT2D eigenvalue weighted by Crippen LogP contribution is 2.41. The maximum absolute atomic E-state index is 12.1. The van der Waals surface area contributed by atoms with Gasteiger partial charge in [0.1, 0.15) is 0 Å². The number of hydrogen-bond acceptors (Lipinski definition) is 3. The monoisotopic (exact) mass is 269 g/mol. The minimum Gasteiger partial charge on any atom is -0.481 e. The highest BCUT2D eigenvalue weighted by molar-refractivity contribution is 5.85. The average Bonchev–Trinajstić information content (AvgIpc) is 2.98. The second-order valence-corrected chi connectivity index (χ2v) is 5.85. The number of carbonyl (C=O) groups is 2. The first-order valence-corrected chi connectivity index (χ1v) is 7.13. The van der Waals surface area contributed by atoms with Gasteiger partial charge in [-0.3, -0.25) is 9.59 Å². The van der Waals surface area contributed by atoms with Crippen molar-refractivity contribution in [2.24, 2.45) is 5.41 Å². The van der Waals surface area contributed by atoms with E-state index in [1.54, 1.807) is 7.11 Å². The van der Waals surface area contributed by atoms with E-state index in [9.17, 15) is 14.7 Å². The van der Waals surface area contributed by atoms with Crippen molar-refractivity contribution in [3.8, 4) is 0 Å². The van der Waals surface area contributed by atoms with Crippen LogP contribution in [0.5, 0.6) is 0 Å². The van der Waals surface area contributed by atoms with Crippen LogP contribution in [0.15, 0.2) is 0 Å². The van der Waals surface area contributed by atoms with Crippen LogP contribution in [0.3, 0.4) is 0 Å². The summed E-state index contributed by atoms with van der Waals surface area (Å²) in [6.45, 7) is 0. The molecule has 0 radical (unpaired) electrons. The molecule has 0 spiro atoms. The molecule has 2 atom stereocenters. The third-order valence-corrected chi connectivity index (χ3v) is 4.61. The molecule has 2 aliphatic rings. The molecule has 2 unspecified atom stereocenters. The van der Waals surface area contributed by atoms with E-state index in [2.05, 4.69) is 5.32 Å². The number of methoxy groups -OCH3 is 1. The Bertz CT molecular complexity index is 349. The molecule has 108 valence electrons. The fourth-order valence-electron chi connectivity index (χ4n) is 3.46. The molecule has 0 bridgehead atoms. The zero-order valence-corrected chi connectivity index (χ0v) is 11.5. The number of hydrogen-bond donors (Lipinski definition) is 2. The Morgan fingerprint density at radius 3 is 2.53 bits per heavy atom. The van der Waals surface area contributed by atoms with Gasteiger partial charge in [-0.05, 0) is 32.1 Å². The fourth-order valence-corrected chi connectivity index (χ4v) is 3.46. The van der Waals surface area contributed by atoms with Crippen LogP contribution in [0.25, 0.3) is 0 Å². The van der Waals surface area contributed by atoms with Gasteiger partial charge in [-0.1, -0.05) is 12.8 Å². The smallest absolute Gasteiger partial charge is 0.310 e. The van der Waals surface area contributed by atoms with Crippen LogP contribution in [0.4, 0.5) is 0 Å². The molecule has 0 heterocycles. The molecule has 2 aliphatic carbocycles. The number of nitrogens with one attached hydrogen (secondary N) is 1. The lowest BCUT2D eigenvalue weighted by atomic mass is 9.82. The summed E-state index contributed by atoms with van der Waals surface area (Å²) < 4.78 is 5.34. The Labute approximate surface area is 113 Å². The van der Waals surface area contributed by atoms with Crippen LogP contribution in [0.2, 0.25) is 0 Å². The Hall–Kier alpha value is -1.10. The predicted octanol–water partition coefficient (Wildman–Crippen LogP) is 1.71. The second-order valence-electron chi connectivity index (χ2n) is 5.85. The molecule has 1 amide bonds. The van der Waals surface area contributed by atoms with E-state index in [4.69, 9.17) is 4.74 Å². The van der Waals surface area contributed by atoms with E-state index in [0.717, 1.165) is 32.1 Å². The van der Waals surface area contributed by atoms with Crippen molar-refractivity contribution >= 4 is 11.9 Å². The number of carboxylic acid groups (broad SMARTS) is 1. The minimum atomic E-state index is -0.828. The van der Waals surface area contributed by atoms with Crippen LogP contribution in [-0.4, -0.2) is 36.2 Å². The van der Waals surface area contributed by atoms with Crippen molar-refractivity contribution in [3.63, 3.8) is 0 Å². The molecule has 5 heteroatoms. The Morgan fingerprint density at radius 2 is 1.95 bits per heavy atom. The molecular weight excluding hydrogens is 246 g/mol. The van der Waals surface area contributed by atoms with Gasteiger partial charge < -0.3 is 15.2 Å². The predicted molar refractivity (Wildman–Crippen MR) is 69.7 cm³/mol. The van der Waals surface area contributed by atoms with Gasteiger partial charge in [0.15, 0.2) is 0 Å². The van der Waals surface area contributed by atoms with Crippen molar-refractivity contribution < 1.29 is 19.4 Å². The quantitative estimate of drug-likeness (QED) is 0.796. The summed E-state index contributed by atoms with van der Waals surface area (Å²) in [5.41, 5.74) is -0.828. The maximum Gasteiger partial charge on any atom is 0.310 e. The van der Waals surface area contributed by atoms with Gasteiger partial charge in [0, 0.05) is 13.5 Å². The Kier molecular flexibility index (Phi) is 4.45. The number of amides is 1. The fraction of sp³-hybridized carbons (Fsp3) is 0.857. The largest absolute Gasteiger partial charge is 0.481 e. The zero-order valence-electron chi connectivity index (χ0n) is 11.5. The van der Waals surface area contributed by atoms with Crippen molar-refractivity contribution in [2.75, 3.05) is 7.11 Å². The van der Waals surface area contributed by atoms with Crippen LogP contribution < -0.4 is 5.32 Å². The van der Waals surface area contributed by atoms with E-state index in [1.807, 2.05) is 0 Å². The van der Waals surface area contributed by atoms with Crippen LogP contribution in [0, 0.1) is 5.41 Å². The summed E-state index contributed by atoms with van der Waals surface area (Å²) in [6, 6.07) is 0.0461. The molecule has 19 heavy (non-hydrogen) atoms. The van der Waals surface area contributed by atoms with Gasteiger partial charge in [0.25, 0.3) is 0 Å². The lowest BCUT2D eigenvalue weighted by molar-refractivity contribution is -0.151. The minimum absolute atomic E-state index is 0.0461. The van der Waals surface area contributed by atoms with Gasteiger partial charge >= 0.3 is 5.97 Å². The van der Waals surface area contributed by atoms with Gasteiger partial charge in [0.2, 0.25) is 5.91 Å². The first kappa shape index (κ1) is 14.3. The van der Waals surface area contributed by atoms with Gasteiger partial charge in [-0.15, -0.1) is 0 Å². The van der Waals surface area contributed by atoms with Gasteiger partial charge in [-0.2, -0.15) is 0 Å². The van der Waals surface area contributed by atoms with Gasteiger partial charge in [-0.25, -0.2) is 0 Å². The van der Waals surface area contributed by atoms with E-state index < -0.39 is 11.4 Å². The first-order valence-electron chi connectivity index (χ1n) is 7.13. The molecule has 0 saturated heterocycles. The standard InChI is InChI=1S/C14H23NO4/c1-19-11-6-4-5-10(11)15-12(16)9-14(13(17)18)7-2-3-8-14/h10-11H,2-9H2,1H3,(H,15,16)(H,17,18). The van der Waals surface area contributed by atoms with Crippen LogP contribution >= 0.6 is 0 Å². The third-order valence-electron chi connectivity index (χ3n) is 4.61. The molecule has 0 aromatic heterocycles. The van der Waals surface area contributed by atoms with Crippen LogP contribution in [0.1, 0.15) is 51.4 Å². The highest BCUT2D eigenvalue weighted by Gasteiger charge is 2.43. The SMILES string of the molecule is COC1CCCC1NC(=O)CC1(C(=O)O)CCCC1. The van der Waals surface area contributed by atoms with Crippen molar-refractivity contribution in [1.29, 1.82) is 0 Å². The Balaban J connectivity index is 1.91. The molecule has 2 N–H and O–H groups in total. The average molecular weight is 269 g/mol. The van der Waals surface area contributed by atoms with E-state index in [-0.39, 0.29) is 24.5 Å². The van der Waals surface area contributed by atoms with E-state index in [0.29, 0.717) is 12.8 Å². The lowest BCUT2D eigenvalue weighted by Crippen LogP contribution is -2.43. The summed E-state index contributed by atoms with van der Waals surface area (Å²) in [5.74, 6) is -0.965. The summed E-state index contributed by atoms with van der Waals surface area (Å²) >= 11 is 0. The highest BCUT2D eigenvalue weighted by atomic mass is 16.5. The first-order chi connectivity index (χ1) is 9.07. The summed E-state index contributed by atoms with van der Waals surface area (Å²) in [6.07, 6.45) is 6.17. The third kappa shape index (κ3) is 3.08.